The van der Waals surface area contributed by atoms with Crippen LogP contribution >= 0.6 is 0 Å². The van der Waals surface area contributed by atoms with Gasteiger partial charge in [-0.2, -0.15) is 0 Å². The summed E-state index contributed by atoms with van der Waals surface area (Å²) in [5.74, 6) is -0.719. The van der Waals surface area contributed by atoms with Crippen molar-refractivity contribution in [3.8, 4) is 0 Å². The minimum atomic E-state index is -0.498. The molecule has 0 bridgehead atoms. The number of hydroxylamine groups is 1. The summed E-state index contributed by atoms with van der Waals surface area (Å²) in [5.41, 5.74) is 2.89. The third kappa shape index (κ3) is 2.93. The molecule has 0 aliphatic heterocycles. The van der Waals surface area contributed by atoms with E-state index in [2.05, 4.69) is 5.48 Å². The van der Waals surface area contributed by atoms with E-state index in [1.165, 1.54) is 18.2 Å². The van der Waals surface area contributed by atoms with E-state index in [-0.39, 0.29) is 11.6 Å². The van der Waals surface area contributed by atoms with Gasteiger partial charge in [0.1, 0.15) is 11.4 Å². The average molecular weight is 265 g/mol. The van der Waals surface area contributed by atoms with Gasteiger partial charge in [-0.25, -0.2) is 9.87 Å². The van der Waals surface area contributed by atoms with E-state index < -0.39 is 11.5 Å². The van der Waals surface area contributed by atoms with Crippen LogP contribution in [-0.2, 0) is 4.84 Å². The summed E-state index contributed by atoms with van der Waals surface area (Å²) in [6.45, 7) is 7.15. The highest BCUT2D eigenvalue weighted by Gasteiger charge is 2.20. The first-order chi connectivity index (χ1) is 8.78. The maximum atomic E-state index is 13.2. The molecule has 1 amide bonds. The van der Waals surface area contributed by atoms with Gasteiger partial charge in [0.15, 0.2) is 5.76 Å². The zero-order chi connectivity index (χ0) is 14.2. The van der Waals surface area contributed by atoms with Gasteiger partial charge in [-0.3, -0.25) is 9.63 Å². The van der Waals surface area contributed by atoms with Gasteiger partial charge in [-0.05, 0) is 45.9 Å². The summed E-state index contributed by atoms with van der Waals surface area (Å²) in [5, 5.41) is 0.584. The van der Waals surface area contributed by atoms with Gasteiger partial charge < -0.3 is 4.42 Å². The quantitative estimate of drug-likeness (QED) is 0.847. The number of hydrogen-bond donors (Lipinski definition) is 1. The van der Waals surface area contributed by atoms with Crippen molar-refractivity contribution in [3.63, 3.8) is 0 Å². The van der Waals surface area contributed by atoms with Crippen molar-refractivity contribution in [3.05, 3.63) is 35.3 Å². The summed E-state index contributed by atoms with van der Waals surface area (Å²) in [4.78, 5) is 17.1. The van der Waals surface area contributed by atoms with Crippen LogP contribution < -0.4 is 5.48 Å². The summed E-state index contributed by atoms with van der Waals surface area (Å²) >= 11 is 0. The molecule has 2 rings (SSSR count). The normalized spacial score (nSPS) is 11.8. The highest BCUT2D eigenvalue weighted by atomic mass is 19.1. The van der Waals surface area contributed by atoms with Crippen LogP contribution in [0.5, 0.6) is 0 Å². The number of furan rings is 1. The third-order valence-corrected chi connectivity index (χ3v) is 2.55. The number of amides is 1. The lowest BCUT2D eigenvalue weighted by molar-refractivity contribution is -0.0598. The molecule has 5 heteroatoms. The van der Waals surface area contributed by atoms with E-state index in [1.54, 1.807) is 6.92 Å². The first kappa shape index (κ1) is 13.5. The lowest BCUT2D eigenvalue weighted by Crippen LogP contribution is -2.33. The Labute approximate surface area is 110 Å². The number of benzene rings is 1. The van der Waals surface area contributed by atoms with Crippen LogP contribution in [-0.4, -0.2) is 11.5 Å². The molecule has 0 radical (unpaired) electrons. The van der Waals surface area contributed by atoms with E-state index in [1.807, 2.05) is 20.8 Å². The molecule has 0 spiro atoms. The van der Waals surface area contributed by atoms with Crippen LogP contribution in [0, 0.1) is 12.7 Å². The minimum Gasteiger partial charge on any atom is -0.451 e. The van der Waals surface area contributed by atoms with Gasteiger partial charge in [-0.1, -0.05) is 0 Å². The fraction of sp³-hybridized carbons (Fsp3) is 0.357. The highest BCUT2D eigenvalue weighted by molar-refractivity contribution is 5.98. The van der Waals surface area contributed by atoms with E-state index >= 15 is 0 Å². The number of hydrogen-bond acceptors (Lipinski definition) is 3. The fourth-order valence-corrected chi connectivity index (χ4v) is 1.66. The lowest BCUT2D eigenvalue weighted by Gasteiger charge is -2.18. The molecule has 2 aromatic rings. The molecule has 19 heavy (non-hydrogen) atoms. The maximum Gasteiger partial charge on any atom is 0.310 e. The zero-order valence-corrected chi connectivity index (χ0v) is 11.3. The van der Waals surface area contributed by atoms with Gasteiger partial charge >= 0.3 is 5.91 Å². The summed E-state index contributed by atoms with van der Waals surface area (Å²) < 4.78 is 18.6. The number of carbonyl (C=O) groups is 1. The predicted octanol–water partition coefficient (Wildman–Crippen LogP) is 3.34. The smallest absolute Gasteiger partial charge is 0.310 e. The van der Waals surface area contributed by atoms with Gasteiger partial charge in [0.25, 0.3) is 0 Å². The molecule has 0 fully saturated rings. The average Bonchev–Trinajstić information content (AvgIpc) is 2.63. The number of carbonyl (C=O) groups excluding carboxylic acids is 1. The highest BCUT2D eigenvalue weighted by Crippen LogP contribution is 2.26. The van der Waals surface area contributed by atoms with Crippen LogP contribution in [0.25, 0.3) is 11.0 Å². The molecule has 0 atom stereocenters. The largest absolute Gasteiger partial charge is 0.451 e. The van der Waals surface area contributed by atoms with E-state index in [9.17, 15) is 9.18 Å². The molecular weight excluding hydrogens is 249 g/mol. The molecule has 0 saturated heterocycles. The van der Waals surface area contributed by atoms with Crippen LogP contribution in [0.1, 0.15) is 36.9 Å². The number of rotatable bonds is 2. The zero-order valence-electron chi connectivity index (χ0n) is 11.3. The molecule has 0 saturated carbocycles. The molecule has 0 aliphatic carbocycles. The standard InChI is InChI=1S/C14H16FNO3/c1-8-10-7-9(15)5-6-11(10)18-12(8)13(17)16-19-14(2,3)4/h5-7H,1-4H3,(H,16,17). The summed E-state index contributed by atoms with van der Waals surface area (Å²) in [7, 11) is 0. The second kappa shape index (κ2) is 4.66. The molecule has 1 aromatic heterocycles. The Bertz CT molecular complexity index is 625. The molecule has 1 aromatic carbocycles. The van der Waals surface area contributed by atoms with Gasteiger partial charge in [0.2, 0.25) is 0 Å². The van der Waals surface area contributed by atoms with Crippen molar-refractivity contribution < 1.29 is 18.4 Å². The van der Waals surface area contributed by atoms with Crippen molar-refractivity contribution >= 4 is 16.9 Å². The SMILES string of the molecule is Cc1c(C(=O)NOC(C)(C)C)oc2ccc(F)cc12. The Balaban J connectivity index is 2.30. The topological polar surface area (TPSA) is 51.5 Å². The molecule has 0 aliphatic rings. The number of nitrogens with one attached hydrogen (secondary N) is 1. The first-order valence-corrected chi connectivity index (χ1v) is 5.95. The van der Waals surface area contributed by atoms with Crippen LogP contribution in [0.3, 0.4) is 0 Å². The molecular formula is C14H16FNO3. The Hall–Kier alpha value is -1.88. The van der Waals surface area contributed by atoms with Gasteiger partial charge in [0.05, 0.1) is 5.60 Å². The van der Waals surface area contributed by atoms with Crippen molar-refractivity contribution in [1.82, 2.24) is 5.48 Å². The fourth-order valence-electron chi connectivity index (χ4n) is 1.66. The van der Waals surface area contributed by atoms with E-state index in [4.69, 9.17) is 9.25 Å². The summed E-state index contributed by atoms with van der Waals surface area (Å²) in [6.07, 6.45) is 0. The number of halogens is 1. The van der Waals surface area contributed by atoms with E-state index in [0.717, 1.165) is 0 Å². The molecule has 102 valence electrons. The van der Waals surface area contributed by atoms with Gasteiger partial charge in [-0.15, -0.1) is 0 Å². The van der Waals surface area contributed by atoms with Crippen molar-refractivity contribution in [2.24, 2.45) is 0 Å². The Morgan fingerprint density at radius 3 is 2.68 bits per heavy atom. The van der Waals surface area contributed by atoms with Crippen LogP contribution in [0.15, 0.2) is 22.6 Å². The van der Waals surface area contributed by atoms with Crippen LogP contribution in [0.4, 0.5) is 4.39 Å². The van der Waals surface area contributed by atoms with Crippen molar-refractivity contribution in [1.29, 1.82) is 0 Å². The van der Waals surface area contributed by atoms with Crippen LogP contribution in [0.2, 0.25) is 0 Å². The Morgan fingerprint density at radius 2 is 2.05 bits per heavy atom. The maximum absolute atomic E-state index is 13.2. The Morgan fingerprint density at radius 1 is 1.37 bits per heavy atom. The predicted molar refractivity (Wildman–Crippen MR) is 69.2 cm³/mol. The molecule has 1 N–H and O–H groups in total. The molecule has 0 unspecified atom stereocenters. The number of aryl methyl sites for hydroxylation is 1. The molecule has 1 heterocycles. The lowest BCUT2D eigenvalue weighted by atomic mass is 10.1. The third-order valence-electron chi connectivity index (χ3n) is 2.55. The second-order valence-corrected chi connectivity index (χ2v) is 5.34. The number of fused-ring (bicyclic) bond motifs is 1. The second-order valence-electron chi connectivity index (χ2n) is 5.34. The monoisotopic (exact) mass is 265 g/mol. The van der Waals surface area contributed by atoms with Crippen molar-refractivity contribution in [2.75, 3.05) is 0 Å². The van der Waals surface area contributed by atoms with Crippen molar-refractivity contribution in [2.45, 2.75) is 33.3 Å². The van der Waals surface area contributed by atoms with Gasteiger partial charge in [0, 0.05) is 10.9 Å². The first-order valence-electron chi connectivity index (χ1n) is 5.95. The summed E-state index contributed by atoms with van der Waals surface area (Å²) in [6, 6.07) is 4.13. The molecule has 4 nitrogen and oxygen atoms in total. The minimum absolute atomic E-state index is 0.129. The Kier molecular flexibility index (Phi) is 3.32. The van der Waals surface area contributed by atoms with E-state index in [0.29, 0.717) is 16.5 Å².